The minimum Gasteiger partial charge on any atom is -0.460 e. The third-order valence-electron chi connectivity index (χ3n) is 7.27. The molecule has 2 amide bonds. The molecule has 0 fully saturated rings. The Kier molecular flexibility index (Phi) is 12.7. The molecule has 0 heterocycles. The molecule has 7 heteroatoms. The number of nitrogens with one attached hydrogen (secondary N) is 2. The van der Waals surface area contributed by atoms with Gasteiger partial charge in [0.25, 0.3) is 0 Å². The van der Waals surface area contributed by atoms with Gasteiger partial charge in [-0.3, -0.25) is 9.59 Å². The second-order valence-corrected chi connectivity index (χ2v) is 12.1. The average molecular weight is 565 g/mol. The van der Waals surface area contributed by atoms with Gasteiger partial charge in [0, 0.05) is 31.3 Å². The van der Waals surface area contributed by atoms with E-state index >= 15 is 0 Å². The summed E-state index contributed by atoms with van der Waals surface area (Å²) in [5, 5.41) is 5.74. The third kappa shape index (κ3) is 11.2. The molecule has 41 heavy (non-hydrogen) atoms. The van der Waals surface area contributed by atoms with Gasteiger partial charge in [0.1, 0.15) is 12.2 Å². The SMILES string of the molecule is CC(CNC(=O)CCCCCCCCCCC(=O)OC(C)(C)C)NC(=O)OCC1c2ccccc2-c2ccccc21. The fourth-order valence-electron chi connectivity index (χ4n) is 5.26. The lowest BCUT2D eigenvalue weighted by Gasteiger charge is -2.19. The Morgan fingerprint density at radius 3 is 1.85 bits per heavy atom. The summed E-state index contributed by atoms with van der Waals surface area (Å²) in [6.45, 7) is 8.17. The van der Waals surface area contributed by atoms with Crippen LogP contribution in [0.2, 0.25) is 0 Å². The maximum Gasteiger partial charge on any atom is 0.407 e. The lowest BCUT2D eigenvalue weighted by atomic mass is 9.98. The molecule has 0 saturated heterocycles. The van der Waals surface area contributed by atoms with Crippen LogP contribution in [0.15, 0.2) is 48.5 Å². The van der Waals surface area contributed by atoms with Crippen LogP contribution in [0.25, 0.3) is 11.1 Å². The Balaban J connectivity index is 1.20. The minimum absolute atomic E-state index is 0.00771. The molecule has 0 aromatic heterocycles. The van der Waals surface area contributed by atoms with Crippen molar-refractivity contribution < 1.29 is 23.9 Å². The predicted molar refractivity (Wildman–Crippen MR) is 163 cm³/mol. The normalized spacial score (nSPS) is 13.2. The summed E-state index contributed by atoms with van der Waals surface area (Å²) < 4.78 is 10.9. The van der Waals surface area contributed by atoms with Crippen LogP contribution in [0.3, 0.4) is 0 Å². The molecule has 1 aliphatic rings. The Morgan fingerprint density at radius 2 is 1.29 bits per heavy atom. The molecule has 0 saturated carbocycles. The van der Waals surface area contributed by atoms with Crippen molar-refractivity contribution in [2.75, 3.05) is 13.2 Å². The van der Waals surface area contributed by atoms with Crippen molar-refractivity contribution in [3.8, 4) is 11.1 Å². The zero-order chi connectivity index (χ0) is 29.7. The van der Waals surface area contributed by atoms with Crippen LogP contribution in [-0.4, -0.2) is 42.8 Å². The summed E-state index contributed by atoms with van der Waals surface area (Å²) in [6.07, 6.45) is 8.86. The van der Waals surface area contributed by atoms with E-state index in [4.69, 9.17) is 9.47 Å². The molecule has 0 radical (unpaired) electrons. The molecular weight excluding hydrogens is 516 g/mol. The van der Waals surface area contributed by atoms with Crippen molar-refractivity contribution in [2.24, 2.45) is 0 Å². The standard InChI is InChI=1S/C34H48N2O5/c1-25(23-35-31(37)21-11-9-7-5-6-8-10-12-22-32(38)41-34(2,3)4)36-33(39)40-24-30-28-19-15-13-17-26(28)27-18-14-16-20-29(27)30/h13-20,25,30H,5-12,21-24H2,1-4H3,(H,35,37)(H,36,39). The largest absolute Gasteiger partial charge is 0.460 e. The topological polar surface area (TPSA) is 93.7 Å². The van der Waals surface area contributed by atoms with Gasteiger partial charge in [-0.2, -0.15) is 0 Å². The molecule has 2 N–H and O–H groups in total. The number of hydrogen-bond donors (Lipinski definition) is 2. The maximum atomic E-state index is 12.4. The van der Waals surface area contributed by atoms with Crippen molar-refractivity contribution in [3.05, 3.63) is 59.7 Å². The first-order chi connectivity index (χ1) is 19.6. The van der Waals surface area contributed by atoms with Gasteiger partial charge >= 0.3 is 12.1 Å². The molecule has 0 bridgehead atoms. The summed E-state index contributed by atoms with van der Waals surface area (Å²) in [6, 6.07) is 16.3. The van der Waals surface area contributed by atoms with Crippen LogP contribution >= 0.6 is 0 Å². The van der Waals surface area contributed by atoms with E-state index < -0.39 is 11.7 Å². The van der Waals surface area contributed by atoms with Gasteiger partial charge in [-0.25, -0.2) is 4.79 Å². The Bertz CT molecular complexity index is 1090. The van der Waals surface area contributed by atoms with Crippen molar-refractivity contribution in [1.82, 2.24) is 10.6 Å². The van der Waals surface area contributed by atoms with Crippen LogP contribution in [-0.2, 0) is 19.1 Å². The van der Waals surface area contributed by atoms with E-state index in [1.807, 2.05) is 52.0 Å². The third-order valence-corrected chi connectivity index (χ3v) is 7.27. The highest BCUT2D eigenvalue weighted by Crippen LogP contribution is 2.44. The zero-order valence-corrected chi connectivity index (χ0v) is 25.3. The molecule has 1 aliphatic carbocycles. The van der Waals surface area contributed by atoms with Gasteiger partial charge in [0.05, 0.1) is 0 Å². The molecule has 2 aromatic carbocycles. The summed E-state index contributed by atoms with van der Waals surface area (Å²) in [5.74, 6) is -0.0844. The molecule has 2 aromatic rings. The Labute approximate surface area is 245 Å². The fourth-order valence-corrected chi connectivity index (χ4v) is 5.26. The monoisotopic (exact) mass is 564 g/mol. The van der Waals surface area contributed by atoms with E-state index in [0.717, 1.165) is 51.4 Å². The lowest BCUT2D eigenvalue weighted by Crippen LogP contribution is -2.42. The summed E-state index contributed by atoms with van der Waals surface area (Å²) in [7, 11) is 0. The van der Waals surface area contributed by atoms with Crippen LogP contribution in [0, 0.1) is 0 Å². The first-order valence-electron chi connectivity index (χ1n) is 15.2. The van der Waals surface area contributed by atoms with Crippen LogP contribution in [0.1, 0.15) is 109 Å². The van der Waals surface area contributed by atoms with Crippen LogP contribution in [0.5, 0.6) is 0 Å². The summed E-state index contributed by atoms with van der Waals surface area (Å²) in [5.41, 5.74) is 4.34. The number of carbonyl (C=O) groups excluding carboxylic acids is 3. The maximum absolute atomic E-state index is 12.4. The van der Waals surface area contributed by atoms with Crippen molar-refractivity contribution >= 4 is 18.0 Å². The molecule has 1 unspecified atom stereocenters. The first kappa shape index (κ1) is 32.2. The van der Waals surface area contributed by atoms with Gasteiger partial charge in [-0.05, 0) is 62.8 Å². The zero-order valence-electron chi connectivity index (χ0n) is 25.3. The number of carbonyl (C=O) groups is 3. The van der Waals surface area contributed by atoms with Gasteiger partial charge < -0.3 is 20.1 Å². The second kappa shape index (κ2) is 16.2. The molecule has 0 aliphatic heterocycles. The summed E-state index contributed by atoms with van der Waals surface area (Å²) in [4.78, 5) is 36.4. The van der Waals surface area contributed by atoms with E-state index in [9.17, 15) is 14.4 Å². The van der Waals surface area contributed by atoms with Gasteiger partial charge in [-0.1, -0.05) is 87.1 Å². The number of esters is 1. The number of benzene rings is 2. The van der Waals surface area contributed by atoms with E-state index in [2.05, 4.69) is 34.9 Å². The lowest BCUT2D eigenvalue weighted by molar-refractivity contribution is -0.154. The molecule has 1 atom stereocenters. The number of alkyl carbamates (subject to hydrolysis) is 1. The van der Waals surface area contributed by atoms with Crippen LogP contribution < -0.4 is 10.6 Å². The number of amides is 2. The summed E-state index contributed by atoms with van der Waals surface area (Å²) >= 11 is 0. The number of hydrogen-bond acceptors (Lipinski definition) is 5. The van der Waals surface area contributed by atoms with Gasteiger partial charge in [0.2, 0.25) is 5.91 Å². The smallest absolute Gasteiger partial charge is 0.407 e. The van der Waals surface area contributed by atoms with Crippen molar-refractivity contribution in [1.29, 1.82) is 0 Å². The highest BCUT2D eigenvalue weighted by atomic mass is 16.6. The number of fused-ring (bicyclic) bond motifs is 3. The predicted octanol–water partition coefficient (Wildman–Crippen LogP) is 7.27. The molecule has 3 rings (SSSR count). The van der Waals surface area contributed by atoms with E-state index in [1.54, 1.807) is 0 Å². The molecular formula is C34H48N2O5. The average Bonchev–Trinajstić information content (AvgIpc) is 3.24. The molecule has 0 spiro atoms. The number of rotatable bonds is 16. The minimum atomic E-state index is -0.474. The number of ether oxygens (including phenoxy) is 2. The second-order valence-electron chi connectivity index (χ2n) is 12.1. The quantitative estimate of drug-likeness (QED) is 0.165. The van der Waals surface area contributed by atoms with Crippen molar-refractivity contribution in [3.63, 3.8) is 0 Å². The van der Waals surface area contributed by atoms with E-state index in [1.165, 1.54) is 22.3 Å². The Hall–Kier alpha value is -3.35. The first-order valence-corrected chi connectivity index (χ1v) is 15.2. The van der Waals surface area contributed by atoms with Crippen molar-refractivity contribution in [2.45, 2.75) is 109 Å². The highest BCUT2D eigenvalue weighted by Gasteiger charge is 2.29. The van der Waals surface area contributed by atoms with Crippen LogP contribution in [0.4, 0.5) is 4.79 Å². The van der Waals surface area contributed by atoms with Gasteiger partial charge in [-0.15, -0.1) is 0 Å². The fraction of sp³-hybridized carbons (Fsp3) is 0.559. The highest BCUT2D eigenvalue weighted by molar-refractivity contribution is 5.79. The Morgan fingerprint density at radius 1 is 0.780 bits per heavy atom. The molecule has 7 nitrogen and oxygen atoms in total. The number of unbranched alkanes of at least 4 members (excludes halogenated alkanes) is 7. The van der Waals surface area contributed by atoms with Gasteiger partial charge in [0.15, 0.2) is 0 Å². The van der Waals surface area contributed by atoms with E-state index in [-0.39, 0.29) is 30.4 Å². The molecule has 224 valence electrons. The van der Waals surface area contributed by atoms with E-state index in [0.29, 0.717) is 19.4 Å².